The molecule has 3 amide bonds. The number of primary amides is 1. The highest BCUT2D eigenvalue weighted by molar-refractivity contribution is 5.93. The molecule has 4 N–H and O–H groups in total. The van der Waals surface area contributed by atoms with Gasteiger partial charge in [-0.05, 0) is 37.0 Å². The molecule has 0 radical (unpaired) electrons. The zero-order chi connectivity index (χ0) is 16.3. The van der Waals surface area contributed by atoms with Crippen LogP contribution in [0.15, 0.2) is 18.2 Å². The summed E-state index contributed by atoms with van der Waals surface area (Å²) in [4.78, 5) is 35.0. The van der Waals surface area contributed by atoms with E-state index in [1.54, 1.807) is 0 Å². The maximum absolute atomic E-state index is 12.1. The summed E-state index contributed by atoms with van der Waals surface area (Å²) in [7, 11) is 0. The molecule has 1 heterocycles. The fraction of sp³-hybridized carbons (Fsp3) is 0.438. The van der Waals surface area contributed by atoms with E-state index in [0.29, 0.717) is 19.3 Å². The molecule has 6 nitrogen and oxygen atoms in total. The second kappa shape index (κ2) is 6.60. The van der Waals surface area contributed by atoms with E-state index in [-0.39, 0.29) is 11.8 Å². The Hall–Kier alpha value is -2.37. The van der Waals surface area contributed by atoms with Crippen molar-refractivity contribution in [1.82, 2.24) is 10.6 Å². The van der Waals surface area contributed by atoms with Gasteiger partial charge >= 0.3 is 0 Å². The van der Waals surface area contributed by atoms with E-state index in [9.17, 15) is 14.4 Å². The molecule has 2 atom stereocenters. The van der Waals surface area contributed by atoms with Crippen LogP contribution < -0.4 is 16.4 Å². The van der Waals surface area contributed by atoms with Gasteiger partial charge in [0.2, 0.25) is 17.7 Å². The summed E-state index contributed by atoms with van der Waals surface area (Å²) in [6, 6.07) is 4.50. The maximum atomic E-state index is 12.1. The zero-order valence-electron chi connectivity index (χ0n) is 12.8. The second-order valence-corrected chi connectivity index (χ2v) is 5.70. The molecular formula is C16H21N3O3. The Morgan fingerprint density at radius 3 is 2.50 bits per heavy atom. The van der Waals surface area contributed by atoms with Crippen molar-refractivity contribution >= 4 is 17.7 Å². The minimum absolute atomic E-state index is 0.148. The van der Waals surface area contributed by atoms with Gasteiger partial charge in [-0.15, -0.1) is 0 Å². The smallest absolute Gasteiger partial charge is 0.243 e. The fourth-order valence-corrected chi connectivity index (χ4v) is 2.68. The molecule has 1 aliphatic heterocycles. The van der Waals surface area contributed by atoms with Crippen LogP contribution in [0.1, 0.15) is 29.5 Å². The Morgan fingerprint density at radius 1 is 1.36 bits per heavy atom. The number of amides is 3. The SMILES string of the molecule is Cc1cccc(C)c1C[C@@H](NC(=O)[C@H]1CCC(=O)N1)C(N)=O. The molecule has 6 heteroatoms. The number of carbonyl (C=O) groups is 3. The molecule has 0 spiro atoms. The molecule has 0 saturated carbocycles. The molecule has 1 aromatic rings. The van der Waals surface area contributed by atoms with Gasteiger partial charge in [0.05, 0.1) is 0 Å². The van der Waals surface area contributed by atoms with Crippen molar-refractivity contribution in [1.29, 1.82) is 0 Å². The third-order valence-corrected chi connectivity index (χ3v) is 4.02. The van der Waals surface area contributed by atoms with Crippen LogP contribution in [0.25, 0.3) is 0 Å². The lowest BCUT2D eigenvalue weighted by Crippen LogP contribution is -2.51. The van der Waals surface area contributed by atoms with Crippen LogP contribution in [0, 0.1) is 13.8 Å². The van der Waals surface area contributed by atoms with Crippen molar-refractivity contribution in [3.8, 4) is 0 Å². The van der Waals surface area contributed by atoms with Gasteiger partial charge in [0.15, 0.2) is 0 Å². The lowest BCUT2D eigenvalue weighted by Gasteiger charge is -2.20. The molecular weight excluding hydrogens is 282 g/mol. The highest BCUT2D eigenvalue weighted by Crippen LogP contribution is 2.16. The molecule has 0 aliphatic carbocycles. The molecule has 0 unspecified atom stereocenters. The van der Waals surface area contributed by atoms with E-state index < -0.39 is 18.0 Å². The van der Waals surface area contributed by atoms with Crippen LogP contribution in [-0.4, -0.2) is 29.8 Å². The lowest BCUT2D eigenvalue weighted by molar-refractivity contribution is -0.129. The van der Waals surface area contributed by atoms with Crippen molar-refractivity contribution in [3.05, 3.63) is 34.9 Å². The normalized spacial score (nSPS) is 18.6. The van der Waals surface area contributed by atoms with Crippen molar-refractivity contribution < 1.29 is 14.4 Å². The minimum atomic E-state index is -0.787. The van der Waals surface area contributed by atoms with Crippen LogP contribution in [0.2, 0.25) is 0 Å². The first-order valence-corrected chi connectivity index (χ1v) is 7.32. The third kappa shape index (κ3) is 3.63. The van der Waals surface area contributed by atoms with Gasteiger partial charge in [-0.3, -0.25) is 14.4 Å². The highest BCUT2D eigenvalue weighted by Gasteiger charge is 2.30. The Morgan fingerprint density at radius 2 is 2.00 bits per heavy atom. The summed E-state index contributed by atoms with van der Waals surface area (Å²) in [5.74, 6) is -1.09. The summed E-state index contributed by atoms with van der Waals surface area (Å²) in [5.41, 5.74) is 8.52. The molecule has 2 rings (SSSR count). The van der Waals surface area contributed by atoms with E-state index in [4.69, 9.17) is 5.73 Å². The quantitative estimate of drug-likeness (QED) is 0.718. The number of carbonyl (C=O) groups excluding carboxylic acids is 3. The van der Waals surface area contributed by atoms with E-state index >= 15 is 0 Å². The van der Waals surface area contributed by atoms with E-state index in [1.165, 1.54) is 0 Å². The van der Waals surface area contributed by atoms with Gasteiger partial charge in [0, 0.05) is 12.8 Å². The second-order valence-electron chi connectivity index (χ2n) is 5.70. The molecule has 1 saturated heterocycles. The van der Waals surface area contributed by atoms with Gasteiger partial charge in [-0.1, -0.05) is 18.2 Å². The molecule has 22 heavy (non-hydrogen) atoms. The fourth-order valence-electron chi connectivity index (χ4n) is 2.68. The number of hydrogen-bond acceptors (Lipinski definition) is 3. The summed E-state index contributed by atoms with van der Waals surface area (Å²) in [5, 5.41) is 5.24. The summed E-state index contributed by atoms with van der Waals surface area (Å²) >= 11 is 0. The van der Waals surface area contributed by atoms with Gasteiger partial charge in [0.1, 0.15) is 12.1 Å². The predicted molar refractivity (Wildman–Crippen MR) is 81.9 cm³/mol. The molecule has 0 aromatic heterocycles. The molecule has 0 bridgehead atoms. The predicted octanol–water partition coefficient (Wildman–Crippen LogP) is 0.0946. The first kappa shape index (κ1) is 16.0. The number of benzene rings is 1. The topological polar surface area (TPSA) is 101 Å². The van der Waals surface area contributed by atoms with Crippen LogP contribution >= 0.6 is 0 Å². The van der Waals surface area contributed by atoms with Gasteiger partial charge < -0.3 is 16.4 Å². The standard InChI is InChI=1S/C16H21N3O3/c1-9-4-3-5-10(2)11(9)8-13(15(17)21)19-16(22)12-6-7-14(20)18-12/h3-5,12-13H,6-8H2,1-2H3,(H2,17,21)(H,18,20)(H,19,22)/t12-,13-/m1/s1. The number of nitrogens with one attached hydrogen (secondary N) is 2. The third-order valence-electron chi connectivity index (χ3n) is 4.02. The Labute approximate surface area is 129 Å². The largest absolute Gasteiger partial charge is 0.368 e. The van der Waals surface area contributed by atoms with Crippen LogP contribution in [0.5, 0.6) is 0 Å². The minimum Gasteiger partial charge on any atom is -0.368 e. The van der Waals surface area contributed by atoms with E-state index in [2.05, 4.69) is 10.6 Å². The summed E-state index contributed by atoms with van der Waals surface area (Å²) < 4.78 is 0. The summed E-state index contributed by atoms with van der Waals surface area (Å²) in [6.45, 7) is 3.92. The zero-order valence-corrected chi connectivity index (χ0v) is 12.8. The van der Waals surface area contributed by atoms with Crippen molar-refractivity contribution in [2.45, 2.75) is 45.2 Å². The van der Waals surface area contributed by atoms with Gasteiger partial charge in [-0.2, -0.15) is 0 Å². The lowest BCUT2D eigenvalue weighted by atomic mass is 9.96. The van der Waals surface area contributed by atoms with Crippen molar-refractivity contribution in [2.75, 3.05) is 0 Å². The average molecular weight is 303 g/mol. The summed E-state index contributed by atoms with van der Waals surface area (Å²) in [6.07, 6.45) is 1.12. The van der Waals surface area contributed by atoms with Crippen LogP contribution in [0.3, 0.4) is 0 Å². The van der Waals surface area contributed by atoms with E-state index in [1.807, 2.05) is 32.0 Å². The monoisotopic (exact) mass is 303 g/mol. The first-order valence-electron chi connectivity index (χ1n) is 7.32. The number of aryl methyl sites for hydroxylation is 2. The average Bonchev–Trinajstić information content (AvgIpc) is 2.88. The molecule has 1 fully saturated rings. The molecule has 1 aliphatic rings. The maximum Gasteiger partial charge on any atom is 0.243 e. The number of nitrogens with two attached hydrogens (primary N) is 1. The highest BCUT2D eigenvalue weighted by atomic mass is 16.2. The molecule has 118 valence electrons. The van der Waals surface area contributed by atoms with E-state index in [0.717, 1.165) is 16.7 Å². The Kier molecular flexibility index (Phi) is 4.80. The molecule has 1 aromatic carbocycles. The number of hydrogen-bond donors (Lipinski definition) is 3. The van der Waals surface area contributed by atoms with Crippen molar-refractivity contribution in [2.24, 2.45) is 5.73 Å². The van der Waals surface area contributed by atoms with Crippen LogP contribution in [0.4, 0.5) is 0 Å². The van der Waals surface area contributed by atoms with Gasteiger partial charge in [0.25, 0.3) is 0 Å². The Bertz CT molecular complexity index is 592. The van der Waals surface area contributed by atoms with Crippen molar-refractivity contribution in [3.63, 3.8) is 0 Å². The first-order chi connectivity index (χ1) is 10.4. The van der Waals surface area contributed by atoms with Gasteiger partial charge in [-0.25, -0.2) is 0 Å². The number of rotatable bonds is 5. The Balaban J connectivity index is 2.09. The van der Waals surface area contributed by atoms with Crippen LogP contribution in [-0.2, 0) is 20.8 Å².